The van der Waals surface area contributed by atoms with E-state index in [1.54, 1.807) is 45.0 Å². The van der Waals surface area contributed by atoms with E-state index in [1.807, 2.05) is 13.8 Å². The van der Waals surface area contributed by atoms with E-state index in [0.717, 1.165) is 25.7 Å². The first-order valence-electron chi connectivity index (χ1n) is 14.0. The molecule has 0 aliphatic heterocycles. The predicted molar refractivity (Wildman–Crippen MR) is 155 cm³/mol. The van der Waals surface area contributed by atoms with E-state index in [1.165, 1.54) is 12.0 Å². The molecule has 40 heavy (non-hydrogen) atoms. The van der Waals surface area contributed by atoms with Gasteiger partial charge in [0.05, 0.1) is 7.11 Å². The lowest BCUT2D eigenvalue weighted by Crippen LogP contribution is -2.54. The van der Waals surface area contributed by atoms with Gasteiger partial charge in [-0.3, -0.25) is 14.4 Å². The summed E-state index contributed by atoms with van der Waals surface area (Å²) < 4.78 is 10.1. The highest BCUT2D eigenvalue weighted by Gasteiger charge is 2.37. The molecule has 2 N–H and O–H groups in total. The van der Waals surface area contributed by atoms with Gasteiger partial charge in [-0.15, -0.1) is 6.42 Å². The number of carbonyl (C=O) groups excluding carboxylic acids is 4. The Morgan fingerprint density at radius 1 is 1.05 bits per heavy atom. The summed E-state index contributed by atoms with van der Waals surface area (Å²) in [5.41, 5.74) is 0.149. The van der Waals surface area contributed by atoms with Gasteiger partial charge in [-0.05, 0) is 51.2 Å². The van der Waals surface area contributed by atoms with Gasteiger partial charge in [0.25, 0.3) is 0 Å². The summed E-state index contributed by atoms with van der Waals surface area (Å²) in [6.07, 6.45) is 10.0. The van der Waals surface area contributed by atoms with E-state index < -0.39 is 41.6 Å². The Morgan fingerprint density at radius 3 is 2.27 bits per heavy atom. The lowest BCUT2D eigenvalue weighted by atomic mass is 9.95. The molecular formula is C31H47N3O6. The van der Waals surface area contributed by atoms with Gasteiger partial charge in [0.15, 0.2) is 0 Å². The molecule has 3 amide bonds. The van der Waals surface area contributed by atoms with Crippen LogP contribution in [-0.2, 0) is 23.9 Å². The number of terminal acetylenes is 1. The van der Waals surface area contributed by atoms with Crippen molar-refractivity contribution in [3.63, 3.8) is 0 Å². The Bertz CT molecular complexity index is 1020. The van der Waals surface area contributed by atoms with Gasteiger partial charge in [0.1, 0.15) is 24.2 Å². The van der Waals surface area contributed by atoms with Crippen LogP contribution in [0.2, 0.25) is 0 Å². The van der Waals surface area contributed by atoms with E-state index in [4.69, 9.17) is 11.2 Å². The van der Waals surface area contributed by atoms with Crippen molar-refractivity contribution in [1.82, 2.24) is 15.5 Å². The molecule has 9 heteroatoms. The van der Waals surface area contributed by atoms with Crippen LogP contribution in [-0.4, -0.2) is 60.6 Å². The lowest BCUT2D eigenvalue weighted by Gasteiger charge is -2.35. The molecule has 1 aromatic rings. The zero-order valence-electron chi connectivity index (χ0n) is 25.2. The Morgan fingerprint density at radius 2 is 1.70 bits per heavy atom. The maximum Gasteiger partial charge on any atom is 0.408 e. The molecule has 9 nitrogen and oxygen atoms in total. The van der Waals surface area contributed by atoms with Gasteiger partial charge in [-0.1, -0.05) is 70.6 Å². The molecule has 0 spiro atoms. The van der Waals surface area contributed by atoms with Crippen molar-refractivity contribution in [2.75, 3.05) is 20.2 Å². The number of ether oxygens (including phenoxy) is 2. The third-order valence-electron chi connectivity index (χ3n) is 6.09. The molecule has 0 radical (unpaired) electrons. The van der Waals surface area contributed by atoms with Crippen molar-refractivity contribution in [2.45, 2.75) is 97.8 Å². The van der Waals surface area contributed by atoms with Crippen molar-refractivity contribution >= 4 is 23.9 Å². The average molecular weight is 558 g/mol. The first-order chi connectivity index (χ1) is 18.8. The standard InChI is InChI=1S/C31H47N3O6/c1-9-11-12-13-16-19-34(29(37)25(20-22(3)4)33-30(38)40-31(5,6)7)27(28(36)32-21-26(35)39-8)24-18-15-14-17-23(24)10-2/h2,14-15,17-18,22,25,27H,9,11-13,16,19-21H2,1,3-8H3,(H,32,36)(H,33,38). The number of esters is 1. The average Bonchev–Trinajstić information content (AvgIpc) is 2.88. The molecule has 2 atom stereocenters. The van der Waals surface area contributed by atoms with Crippen LogP contribution in [0.4, 0.5) is 4.79 Å². The maximum absolute atomic E-state index is 14.2. The summed E-state index contributed by atoms with van der Waals surface area (Å²) in [5, 5.41) is 5.32. The van der Waals surface area contributed by atoms with Gasteiger partial charge in [-0.25, -0.2) is 4.79 Å². The molecule has 0 aromatic heterocycles. The summed E-state index contributed by atoms with van der Waals surface area (Å²) >= 11 is 0. The number of alkyl carbamates (subject to hydrolysis) is 1. The molecule has 1 aromatic carbocycles. The van der Waals surface area contributed by atoms with Crippen LogP contribution in [0, 0.1) is 18.3 Å². The van der Waals surface area contributed by atoms with Gasteiger partial charge in [0.2, 0.25) is 11.8 Å². The van der Waals surface area contributed by atoms with Crippen molar-refractivity contribution in [2.24, 2.45) is 5.92 Å². The minimum atomic E-state index is -1.13. The third kappa shape index (κ3) is 12.1. The quantitative estimate of drug-likeness (QED) is 0.183. The topological polar surface area (TPSA) is 114 Å². The third-order valence-corrected chi connectivity index (χ3v) is 6.09. The van der Waals surface area contributed by atoms with Crippen LogP contribution in [0.15, 0.2) is 24.3 Å². The van der Waals surface area contributed by atoms with Crippen LogP contribution in [0.1, 0.15) is 97.2 Å². The number of methoxy groups -OCH3 is 1. The highest BCUT2D eigenvalue weighted by molar-refractivity contribution is 5.93. The van der Waals surface area contributed by atoms with Crippen LogP contribution in [0.25, 0.3) is 0 Å². The second-order valence-corrected chi connectivity index (χ2v) is 11.2. The van der Waals surface area contributed by atoms with Crippen molar-refractivity contribution in [1.29, 1.82) is 0 Å². The number of amides is 3. The van der Waals surface area contributed by atoms with Gasteiger partial charge < -0.3 is 25.0 Å². The predicted octanol–water partition coefficient (Wildman–Crippen LogP) is 4.74. The van der Waals surface area contributed by atoms with Crippen molar-refractivity contribution < 1.29 is 28.7 Å². The SMILES string of the molecule is C#Cc1ccccc1C(C(=O)NCC(=O)OC)N(CCCCCCC)C(=O)C(CC(C)C)NC(=O)OC(C)(C)C. The number of benzene rings is 1. The summed E-state index contributed by atoms with van der Waals surface area (Å²) in [7, 11) is 1.23. The second-order valence-electron chi connectivity index (χ2n) is 11.2. The summed E-state index contributed by atoms with van der Waals surface area (Å²) in [6.45, 7) is 11.1. The summed E-state index contributed by atoms with van der Waals surface area (Å²) in [5.74, 6) is 1.03. The first kappa shape index (κ1) is 34.5. The van der Waals surface area contributed by atoms with E-state index in [2.05, 4.69) is 28.2 Å². The Labute approximate surface area is 239 Å². The zero-order valence-corrected chi connectivity index (χ0v) is 25.2. The zero-order chi connectivity index (χ0) is 30.3. The van der Waals surface area contributed by atoms with E-state index >= 15 is 0 Å². The molecule has 2 unspecified atom stereocenters. The molecule has 0 fully saturated rings. The molecule has 1 rings (SSSR count). The number of hydrogen-bond acceptors (Lipinski definition) is 6. The van der Waals surface area contributed by atoms with Gasteiger partial charge in [0, 0.05) is 12.1 Å². The minimum absolute atomic E-state index is 0.0555. The molecule has 0 heterocycles. The molecule has 0 bridgehead atoms. The summed E-state index contributed by atoms with van der Waals surface area (Å²) in [6, 6.07) is 4.82. The van der Waals surface area contributed by atoms with Gasteiger partial charge >= 0.3 is 12.1 Å². The highest BCUT2D eigenvalue weighted by Crippen LogP contribution is 2.27. The minimum Gasteiger partial charge on any atom is -0.468 e. The van der Waals surface area contributed by atoms with E-state index in [-0.39, 0.29) is 19.0 Å². The normalized spacial score (nSPS) is 12.6. The lowest BCUT2D eigenvalue weighted by molar-refractivity contribution is -0.145. The van der Waals surface area contributed by atoms with E-state index in [9.17, 15) is 19.2 Å². The van der Waals surface area contributed by atoms with Crippen molar-refractivity contribution in [3.8, 4) is 12.3 Å². The van der Waals surface area contributed by atoms with Crippen LogP contribution < -0.4 is 10.6 Å². The molecule has 0 aliphatic rings. The number of nitrogens with one attached hydrogen (secondary N) is 2. The fourth-order valence-electron chi connectivity index (χ4n) is 4.24. The van der Waals surface area contributed by atoms with Crippen LogP contribution in [0.3, 0.4) is 0 Å². The Kier molecular flexibility index (Phi) is 14.8. The van der Waals surface area contributed by atoms with Crippen LogP contribution in [0.5, 0.6) is 0 Å². The Hall–Kier alpha value is -3.54. The number of hydrogen-bond donors (Lipinski definition) is 2. The Balaban J connectivity index is 3.57. The molecule has 0 aliphatic carbocycles. The second kappa shape index (κ2) is 17.2. The fraction of sp³-hybridized carbons (Fsp3) is 0.613. The highest BCUT2D eigenvalue weighted by atomic mass is 16.6. The molecular weight excluding hydrogens is 510 g/mol. The number of rotatable bonds is 15. The smallest absolute Gasteiger partial charge is 0.408 e. The molecule has 0 saturated heterocycles. The fourth-order valence-corrected chi connectivity index (χ4v) is 4.24. The molecule has 222 valence electrons. The monoisotopic (exact) mass is 557 g/mol. The number of nitrogens with zero attached hydrogens (tertiary/aromatic N) is 1. The number of unbranched alkanes of at least 4 members (excludes halogenated alkanes) is 4. The number of carbonyl (C=O) groups is 4. The maximum atomic E-state index is 14.2. The van der Waals surface area contributed by atoms with Crippen LogP contribution >= 0.6 is 0 Å². The van der Waals surface area contributed by atoms with Gasteiger partial charge in [-0.2, -0.15) is 0 Å². The van der Waals surface area contributed by atoms with E-state index in [0.29, 0.717) is 24.0 Å². The molecule has 0 saturated carbocycles. The first-order valence-corrected chi connectivity index (χ1v) is 14.0. The summed E-state index contributed by atoms with van der Waals surface area (Å²) in [4.78, 5) is 54.0. The largest absolute Gasteiger partial charge is 0.468 e. The van der Waals surface area contributed by atoms with Crippen molar-refractivity contribution in [3.05, 3.63) is 35.4 Å².